The van der Waals surface area contributed by atoms with E-state index in [9.17, 15) is 18.3 Å². The van der Waals surface area contributed by atoms with E-state index in [0.717, 1.165) is 5.56 Å². The first-order chi connectivity index (χ1) is 16.0. The van der Waals surface area contributed by atoms with Crippen LogP contribution in [0.4, 0.5) is 5.69 Å². The van der Waals surface area contributed by atoms with Gasteiger partial charge in [-0.15, -0.1) is 0 Å². The molecule has 0 unspecified atom stereocenters. The van der Waals surface area contributed by atoms with Crippen LogP contribution in [-0.4, -0.2) is 24.5 Å². The van der Waals surface area contributed by atoms with Gasteiger partial charge in [0.25, 0.3) is 10.0 Å². The van der Waals surface area contributed by atoms with Crippen molar-refractivity contribution in [3.63, 3.8) is 0 Å². The van der Waals surface area contributed by atoms with Crippen LogP contribution in [0.5, 0.6) is 0 Å². The molecule has 0 fully saturated rings. The highest BCUT2D eigenvalue weighted by molar-refractivity contribution is 7.92. The van der Waals surface area contributed by atoms with Crippen LogP contribution in [0.25, 0.3) is 22.6 Å². The number of fused-ring (bicyclic) bond motifs is 1. The average molecular weight is 479 g/mol. The molecule has 0 atom stereocenters. The standard InChI is InChI=1S/C26H26N2O5S/c1-5-16-8-12-20(15-21(16)25(29)30)34(31,32)28-19-11-13-23-22(14-19)27-24(33-23)17-6-9-18(10-7-17)26(2,3)4/h6-15,28H,5H2,1-4H3,(H,29,30). The maximum atomic E-state index is 12.9. The number of anilines is 1. The van der Waals surface area contributed by atoms with Gasteiger partial charge in [0.1, 0.15) is 5.52 Å². The molecule has 0 bridgehead atoms. The number of rotatable bonds is 6. The molecule has 176 valence electrons. The summed E-state index contributed by atoms with van der Waals surface area (Å²) in [5.41, 5.74) is 3.92. The lowest BCUT2D eigenvalue weighted by Gasteiger charge is -2.18. The number of carboxylic acids is 1. The van der Waals surface area contributed by atoms with E-state index in [4.69, 9.17) is 4.42 Å². The third-order valence-electron chi connectivity index (χ3n) is 5.64. The van der Waals surface area contributed by atoms with Gasteiger partial charge in [0.2, 0.25) is 5.89 Å². The molecule has 0 saturated heterocycles. The van der Waals surface area contributed by atoms with E-state index >= 15 is 0 Å². The van der Waals surface area contributed by atoms with E-state index in [1.165, 1.54) is 23.8 Å². The fourth-order valence-corrected chi connectivity index (χ4v) is 4.75. The van der Waals surface area contributed by atoms with Crippen molar-refractivity contribution < 1.29 is 22.7 Å². The van der Waals surface area contributed by atoms with Gasteiger partial charge in [0.05, 0.1) is 16.1 Å². The predicted molar refractivity (Wildman–Crippen MR) is 132 cm³/mol. The Bertz CT molecular complexity index is 1480. The number of hydrogen-bond acceptors (Lipinski definition) is 5. The van der Waals surface area contributed by atoms with Crippen LogP contribution >= 0.6 is 0 Å². The topological polar surface area (TPSA) is 110 Å². The summed E-state index contributed by atoms with van der Waals surface area (Å²) >= 11 is 0. The second-order valence-electron chi connectivity index (χ2n) is 9.11. The number of hydrogen-bond donors (Lipinski definition) is 2. The van der Waals surface area contributed by atoms with Gasteiger partial charge in [-0.25, -0.2) is 18.2 Å². The van der Waals surface area contributed by atoms with Crippen LogP contribution in [-0.2, 0) is 21.9 Å². The minimum atomic E-state index is -4.00. The van der Waals surface area contributed by atoms with Crippen molar-refractivity contribution in [1.29, 1.82) is 0 Å². The van der Waals surface area contributed by atoms with Crippen molar-refractivity contribution in [2.75, 3.05) is 4.72 Å². The van der Waals surface area contributed by atoms with Gasteiger partial charge >= 0.3 is 5.97 Å². The van der Waals surface area contributed by atoms with Crippen molar-refractivity contribution in [3.05, 3.63) is 77.4 Å². The Morgan fingerprint density at radius 1 is 1.03 bits per heavy atom. The third-order valence-corrected chi connectivity index (χ3v) is 7.02. The quantitative estimate of drug-likeness (QED) is 0.360. The predicted octanol–water partition coefficient (Wildman–Crippen LogP) is 5.85. The lowest BCUT2D eigenvalue weighted by atomic mass is 9.87. The van der Waals surface area contributed by atoms with Gasteiger partial charge in [-0.2, -0.15) is 0 Å². The number of nitrogens with one attached hydrogen (secondary N) is 1. The zero-order chi connectivity index (χ0) is 24.7. The van der Waals surface area contributed by atoms with Crippen molar-refractivity contribution in [2.24, 2.45) is 0 Å². The van der Waals surface area contributed by atoms with Gasteiger partial charge in [-0.05, 0) is 65.4 Å². The molecule has 1 heterocycles. The Morgan fingerprint density at radius 2 is 1.74 bits per heavy atom. The number of aryl methyl sites for hydroxylation is 1. The highest BCUT2D eigenvalue weighted by atomic mass is 32.2. The summed E-state index contributed by atoms with van der Waals surface area (Å²) < 4.78 is 34.2. The number of oxazole rings is 1. The minimum absolute atomic E-state index is 0.0283. The molecule has 0 radical (unpaired) electrons. The molecule has 0 aliphatic heterocycles. The smallest absolute Gasteiger partial charge is 0.336 e. The Labute approximate surface area is 198 Å². The van der Waals surface area contributed by atoms with Crippen LogP contribution in [0.15, 0.2) is 70.0 Å². The molecular formula is C26H26N2O5S. The maximum absolute atomic E-state index is 12.9. The molecule has 34 heavy (non-hydrogen) atoms. The first kappa shape index (κ1) is 23.5. The van der Waals surface area contributed by atoms with Gasteiger partial charge in [-0.1, -0.05) is 45.9 Å². The Hall–Kier alpha value is -3.65. The summed E-state index contributed by atoms with van der Waals surface area (Å²) in [5.74, 6) is -0.724. The second kappa shape index (κ2) is 8.61. The molecule has 3 aromatic carbocycles. The second-order valence-corrected chi connectivity index (χ2v) is 10.8. The molecule has 8 heteroatoms. The van der Waals surface area contributed by atoms with Gasteiger partial charge in [0.15, 0.2) is 5.58 Å². The molecule has 2 N–H and O–H groups in total. The lowest BCUT2D eigenvalue weighted by Crippen LogP contribution is -2.14. The average Bonchev–Trinajstić information content (AvgIpc) is 3.21. The summed E-state index contributed by atoms with van der Waals surface area (Å²) in [6, 6.07) is 16.9. The highest BCUT2D eigenvalue weighted by Crippen LogP contribution is 2.29. The van der Waals surface area contributed by atoms with Crippen LogP contribution < -0.4 is 4.72 Å². The van der Waals surface area contributed by atoms with Crippen LogP contribution in [0.1, 0.15) is 49.2 Å². The lowest BCUT2D eigenvalue weighted by molar-refractivity contribution is 0.0695. The van der Waals surface area contributed by atoms with Crippen molar-refractivity contribution in [2.45, 2.75) is 44.4 Å². The molecular weight excluding hydrogens is 452 g/mol. The molecule has 0 aliphatic rings. The summed E-state index contributed by atoms with van der Waals surface area (Å²) in [4.78, 5) is 15.9. The van der Waals surface area contributed by atoms with Crippen LogP contribution in [0.2, 0.25) is 0 Å². The number of sulfonamides is 1. The van der Waals surface area contributed by atoms with Gasteiger partial charge in [-0.3, -0.25) is 4.72 Å². The number of benzene rings is 3. The van der Waals surface area contributed by atoms with Crippen LogP contribution in [0.3, 0.4) is 0 Å². The zero-order valence-electron chi connectivity index (χ0n) is 19.4. The first-order valence-electron chi connectivity index (χ1n) is 10.9. The molecule has 0 aliphatic carbocycles. The van der Waals surface area contributed by atoms with Crippen molar-refractivity contribution >= 4 is 32.8 Å². The fraction of sp³-hybridized carbons (Fsp3) is 0.231. The normalized spacial score (nSPS) is 12.1. The third kappa shape index (κ3) is 4.68. The summed E-state index contributed by atoms with van der Waals surface area (Å²) in [6.45, 7) is 8.24. The Balaban J connectivity index is 1.62. The van der Waals surface area contributed by atoms with E-state index < -0.39 is 16.0 Å². The van der Waals surface area contributed by atoms with Gasteiger partial charge < -0.3 is 9.52 Å². The highest BCUT2D eigenvalue weighted by Gasteiger charge is 2.20. The monoisotopic (exact) mass is 478 g/mol. The molecule has 4 aromatic rings. The fourth-order valence-electron chi connectivity index (χ4n) is 3.67. The molecule has 7 nitrogen and oxygen atoms in total. The largest absolute Gasteiger partial charge is 0.478 e. The Kier molecular flexibility index (Phi) is 5.95. The van der Waals surface area contributed by atoms with E-state index in [1.54, 1.807) is 18.2 Å². The molecule has 1 aromatic heterocycles. The summed E-state index contributed by atoms with van der Waals surface area (Å²) in [7, 11) is -4.00. The van der Waals surface area contributed by atoms with E-state index in [2.05, 4.69) is 30.5 Å². The molecule has 0 amide bonds. The van der Waals surface area contributed by atoms with Crippen LogP contribution in [0, 0.1) is 0 Å². The molecule has 4 rings (SSSR count). The summed E-state index contributed by atoms with van der Waals surface area (Å²) in [5, 5.41) is 9.41. The number of aromatic nitrogens is 1. The van der Waals surface area contributed by atoms with Crippen molar-refractivity contribution in [1.82, 2.24) is 4.98 Å². The number of carboxylic acid groups (broad SMARTS) is 1. The number of aromatic carboxylic acids is 1. The Morgan fingerprint density at radius 3 is 2.35 bits per heavy atom. The molecule has 0 saturated carbocycles. The first-order valence-corrected chi connectivity index (χ1v) is 12.4. The zero-order valence-corrected chi connectivity index (χ0v) is 20.2. The van der Waals surface area contributed by atoms with Crippen molar-refractivity contribution in [3.8, 4) is 11.5 Å². The minimum Gasteiger partial charge on any atom is -0.478 e. The maximum Gasteiger partial charge on any atom is 0.336 e. The van der Waals surface area contributed by atoms with E-state index in [0.29, 0.717) is 34.7 Å². The van der Waals surface area contributed by atoms with E-state index in [-0.39, 0.29) is 15.9 Å². The molecule has 0 spiro atoms. The summed E-state index contributed by atoms with van der Waals surface area (Å²) in [6.07, 6.45) is 0.486. The van der Waals surface area contributed by atoms with Gasteiger partial charge in [0, 0.05) is 5.56 Å². The van der Waals surface area contributed by atoms with E-state index in [1.807, 2.05) is 31.2 Å². The number of nitrogens with zero attached hydrogens (tertiary/aromatic N) is 1. The SMILES string of the molecule is CCc1ccc(S(=O)(=O)Nc2ccc3oc(-c4ccc(C(C)(C)C)cc4)nc3c2)cc1C(=O)O. The number of carbonyl (C=O) groups is 1.